The zero-order valence-electron chi connectivity index (χ0n) is 11.7. The van der Waals surface area contributed by atoms with Crippen LogP contribution in [-0.2, 0) is 6.18 Å². The Morgan fingerprint density at radius 2 is 1.95 bits per heavy atom. The number of carbonyl (C=O) groups is 1. The Morgan fingerprint density at radius 3 is 2.52 bits per heavy atom. The van der Waals surface area contributed by atoms with Gasteiger partial charge >= 0.3 is 6.18 Å². The van der Waals surface area contributed by atoms with Crippen LogP contribution in [0.2, 0.25) is 0 Å². The van der Waals surface area contributed by atoms with E-state index in [9.17, 15) is 18.0 Å². The number of piperidine rings is 1. The van der Waals surface area contributed by atoms with Gasteiger partial charge in [0.1, 0.15) is 0 Å². The summed E-state index contributed by atoms with van der Waals surface area (Å²) < 4.78 is 37.5. The molecule has 1 saturated heterocycles. The number of rotatable bonds is 3. The van der Waals surface area contributed by atoms with Crippen molar-refractivity contribution in [1.29, 1.82) is 0 Å². The lowest BCUT2D eigenvalue weighted by Crippen LogP contribution is -2.40. The van der Waals surface area contributed by atoms with E-state index in [-0.39, 0.29) is 5.91 Å². The van der Waals surface area contributed by atoms with Crippen LogP contribution < -0.4 is 5.73 Å². The van der Waals surface area contributed by atoms with Gasteiger partial charge in [-0.05, 0) is 56.0 Å². The van der Waals surface area contributed by atoms with Crippen LogP contribution in [0, 0.1) is 5.92 Å². The maximum atomic E-state index is 12.5. The lowest BCUT2D eigenvalue weighted by molar-refractivity contribution is -0.137. The highest BCUT2D eigenvalue weighted by Crippen LogP contribution is 2.29. The molecule has 6 heteroatoms. The molecule has 1 aromatic carbocycles. The summed E-state index contributed by atoms with van der Waals surface area (Å²) in [6.45, 7) is 1.88. The smallest absolute Gasteiger partial charge is 0.338 e. The number of amides is 1. The molecule has 1 aliphatic rings. The zero-order chi connectivity index (χ0) is 15.5. The Morgan fingerprint density at radius 1 is 1.29 bits per heavy atom. The van der Waals surface area contributed by atoms with Crippen molar-refractivity contribution in [3.8, 4) is 0 Å². The summed E-state index contributed by atoms with van der Waals surface area (Å²) >= 11 is 0. The summed E-state index contributed by atoms with van der Waals surface area (Å²) in [5.74, 6) is 0.188. The van der Waals surface area contributed by atoms with Gasteiger partial charge in [-0.25, -0.2) is 0 Å². The summed E-state index contributed by atoms with van der Waals surface area (Å²) in [6, 6.07) is 4.40. The second-order valence-electron chi connectivity index (χ2n) is 5.41. The van der Waals surface area contributed by atoms with E-state index in [1.165, 1.54) is 12.1 Å². The number of alkyl halides is 3. The number of carbonyl (C=O) groups excluding carboxylic acids is 1. The van der Waals surface area contributed by atoms with Gasteiger partial charge in [-0.15, -0.1) is 0 Å². The highest BCUT2D eigenvalue weighted by molar-refractivity contribution is 5.94. The molecule has 0 bridgehead atoms. The Balaban J connectivity index is 2.05. The number of halogens is 3. The number of likely N-dealkylation sites (tertiary alicyclic amines) is 1. The summed E-state index contributed by atoms with van der Waals surface area (Å²) in [6.07, 6.45) is -1.54. The standard InChI is InChI=1S/C15H19F3N2O/c16-15(17,18)13-5-3-12(4-6-13)14(21)20-9-1-2-11(10-20)7-8-19/h3-6,11H,1-2,7-10,19H2. The van der Waals surface area contributed by atoms with E-state index >= 15 is 0 Å². The van der Waals surface area contributed by atoms with Crippen LogP contribution in [0.4, 0.5) is 13.2 Å². The molecule has 21 heavy (non-hydrogen) atoms. The fourth-order valence-corrected chi connectivity index (χ4v) is 2.71. The largest absolute Gasteiger partial charge is 0.416 e. The normalized spacial score (nSPS) is 19.6. The summed E-state index contributed by atoms with van der Waals surface area (Å²) in [4.78, 5) is 14.0. The minimum absolute atomic E-state index is 0.203. The Hall–Kier alpha value is -1.56. The molecule has 1 atom stereocenters. The monoisotopic (exact) mass is 300 g/mol. The van der Waals surface area contributed by atoms with E-state index in [4.69, 9.17) is 5.73 Å². The average molecular weight is 300 g/mol. The summed E-state index contributed by atoms with van der Waals surface area (Å²) in [5.41, 5.74) is 5.10. The van der Waals surface area contributed by atoms with Crippen LogP contribution >= 0.6 is 0 Å². The average Bonchev–Trinajstić information content (AvgIpc) is 2.46. The third kappa shape index (κ3) is 3.97. The van der Waals surface area contributed by atoms with Gasteiger partial charge in [0.25, 0.3) is 5.91 Å². The third-order valence-electron chi connectivity index (χ3n) is 3.84. The van der Waals surface area contributed by atoms with E-state index in [1.54, 1.807) is 4.90 Å². The van der Waals surface area contributed by atoms with Crippen molar-refractivity contribution in [3.05, 3.63) is 35.4 Å². The molecule has 2 N–H and O–H groups in total. The number of nitrogens with two attached hydrogens (primary N) is 1. The second kappa shape index (κ2) is 6.47. The maximum absolute atomic E-state index is 12.5. The lowest BCUT2D eigenvalue weighted by atomic mass is 9.94. The van der Waals surface area contributed by atoms with Gasteiger partial charge in [-0.2, -0.15) is 13.2 Å². The first kappa shape index (κ1) is 15.8. The predicted octanol–water partition coefficient (Wildman–Crippen LogP) is 2.91. The van der Waals surface area contributed by atoms with Crippen molar-refractivity contribution >= 4 is 5.91 Å². The van der Waals surface area contributed by atoms with Gasteiger partial charge in [-0.3, -0.25) is 4.79 Å². The SMILES string of the molecule is NCCC1CCCN(C(=O)c2ccc(C(F)(F)F)cc2)C1. The van der Waals surface area contributed by atoms with Crippen molar-refractivity contribution in [1.82, 2.24) is 4.90 Å². The summed E-state index contributed by atoms with van der Waals surface area (Å²) in [5, 5.41) is 0. The molecular weight excluding hydrogens is 281 g/mol. The molecule has 1 aromatic rings. The topological polar surface area (TPSA) is 46.3 Å². The number of hydrogen-bond acceptors (Lipinski definition) is 2. The predicted molar refractivity (Wildman–Crippen MR) is 73.7 cm³/mol. The van der Waals surface area contributed by atoms with Crippen molar-refractivity contribution < 1.29 is 18.0 Å². The molecule has 0 aliphatic carbocycles. The first-order valence-electron chi connectivity index (χ1n) is 7.08. The molecular formula is C15H19F3N2O. The molecule has 0 radical (unpaired) electrons. The first-order valence-corrected chi connectivity index (χ1v) is 7.08. The van der Waals surface area contributed by atoms with Crippen LogP contribution in [0.5, 0.6) is 0 Å². The van der Waals surface area contributed by atoms with E-state index < -0.39 is 11.7 Å². The second-order valence-corrected chi connectivity index (χ2v) is 5.41. The molecule has 1 amide bonds. The Kier molecular flexibility index (Phi) is 4.88. The number of nitrogens with zero attached hydrogens (tertiary/aromatic N) is 1. The van der Waals surface area contributed by atoms with Crippen molar-refractivity contribution in [2.24, 2.45) is 11.7 Å². The highest BCUT2D eigenvalue weighted by Gasteiger charge is 2.31. The molecule has 1 aliphatic heterocycles. The molecule has 0 saturated carbocycles. The van der Waals surface area contributed by atoms with Crippen molar-refractivity contribution in [2.45, 2.75) is 25.4 Å². The quantitative estimate of drug-likeness (QED) is 0.933. The van der Waals surface area contributed by atoms with E-state index in [0.717, 1.165) is 31.4 Å². The maximum Gasteiger partial charge on any atom is 0.416 e. The van der Waals surface area contributed by atoms with E-state index in [1.807, 2.05) is 0 Å². The van der Waals surface area contributed by atoms with Gasteiger partial charge in [0.05, 0.1) is 5.56 Å². The van der Waals surface area contributed by atoms with Crippen LogP contribution in [-0.4, -0.2) is 30.4 Å². The zero-order valence-corrected chi connectivity index (χ0v) is 11.7. The van der Waals surface area contributed by atoms with Crippen LogP contribution in [0.3, 0.4) is 0 Å². The minimum Gasteiger partial charge on any atom is -0.338 e. The fraction of sp³-hybridized carbons (Fsp3) is 0.533. The van der Waals surface area contributed by atoms with E-state index in [0.29, 0.717) is 31.1 Å². The lowest BCUT2D eigenvalue weighted by Gasteiger charge is -2.32. The molecule has 1 fully saturated rings. The molecule has 3 nitrogen and oxygen atoms in total. The van der Waals surface area contributed by atoms with Crippen LogP contribution in [0.25, 0.3) is 0 Å². The number of hydrogen-bond donors (Lipinski definition) is 1. The fourth-order valence-electron chi connectivity index (χ4n) is 2.71. The van der Waals surface area contributed by atoms with Crippen LogP contribution in [0.15, 0.2) is 24.3 Å². The summed E-state index contributed by atoms with van der Waals surface area (Å²) in [7, 11) is 0. The molecule has 1 unspecified atom stereocenters. The Labute approximate surface area is 121 Å². The van der Waals surface area contributed by atoms with Gasteiger partial charge in [0, 0.05) is 18.7 Å². The highest BCUT2D eigenvalue weighted by atomic mass is 19.4. The van der Waals surface area contributed by atoms with Gasteiger partial charge in [0.15, 0.2) is 0 Å². The van der Waals surface area contributed by atoms with Gasteiger partial charge in [0.2, 0.25) is 0 Å². The van der Waals surface area contributed by atoms with Gasteiger partial charge < -0.3 is 10.6 Å². The minimum atomic E-state index is -4.38. The Bertz CT molecular complexity index is 483. The molecule has 0 aromatic heterocycles. The van der Waals surface area contributed by atoms with Gasteiger partial charge in [-0.1, -0.05) is 0 Å². The molecule has 1 heterocycles. The molecule has 116 valence electrons. The van der Waals surface area contributed by atoms with Crippen molar-refractivity contribution in [3.63, 3.8) is 0 Å². The number of benzene rings is 1. The molecule has 2 rings (SSSR count). The van der Waals surface area contributed by atoms with Crippen LogP contribution in [0.1, 0.15) is 35.2 Å². The third-order valence-corrected chi connectivity index (χ3v) is 3.84. The molecule has 0 spiro atoms. The van der Waals surface area contributed by atoms with Crippen molar-refractivity contribution in [2.75, 3.05) is 19.6 Å². The van der Waals surface area contributed by atoms with E-state index in [2.05, 4.69) is 0 Å². The first-order chi connectivity index (χ1) is 9.91.